The standard InChI is InChI=1S/C14H25N5O/c1-4-11-12(15)13(18(3)17-11)14(20)16-9-10(2)19-7-5-6-8-19/h10H,4-9,15H2,1-3H3,(H,16,20). The fourth-order valence-electron chi connectivity index (χ4n) is 2.76. The van der Waals surface area contributed by atoms with Crippen molar-refractivity contribution in [1.82, 2.24) is 20.0 Å². The Balaban J connectivity index is 1.96. The number of hydrogen-bond acceptors (Lipinski definition) is 4. The van der Waals surface area contributed by atoms with Crippen LogP contribution in [0.3, 0.4) is 0 Å². The highest BCUT2D eigenvalue weighted by atomic mass is 16.2. The van der Waals surface area contributed by atoms with Gasteiger partial charge in [0.2, 0.25) is 0 Å². The Morgan fingerprint density at radius 3 is 2.65 bits per heavy atom. The number of carbonyl (C=O) groups excluding carboxylic acids is 1. The summed E-state index contributed by atoms with van der Waals surface area (Å²) in [4.78, 5) is 14.7. The van der Waals surface area contributed by atoms with Crippen molar-refractivity contribution in [3.63, 3.8) is 0 Å². The zero-order valence-corrected chi connectivity index (χ0v) is 12.6. The van der Waals surface area contributed by atoms with E-state index in [4.69, 9.17) is 5.73 Å². The van der Waals surface area contributed by atoms with Crippen molar-refractivity contribution in [3.05, 3.63) is 11.4 Å². The second kappa shape index (κ2) is 6.26. The van der Waals surface area contributed by atoms with Crippen LogP contribution in [-0.4, -0.2) is 46.3 Å². The summed E-state index contributed by atoms with van der Waals surface area (Å²) in [6.07, 6.45) is 3.25. The van der Waals surface area contributed by atoms with Crippen LogP contribution >= 0.6 is 0 Å². The maximum atomic E-state index is 12.3. The molecule has 1 saturated heterocycles. The zero-order valence-electron chi connectivity index (χ0n) is 12.6. The van der Waals surface area contributed by atoms with Crippen LogP contribution in [0.2, 0.25) is 0 Å². The molecule has 0 radical (unpaired) electrons. The molecule has 2 heterocycles. The number of aromatic nitrogens is 2. The lowest BCUT2D eigenvalue weighted by molar-refractivity contribution is 0.0932. The molecule has 1 unspecified atom stereocenters. The summed E-state index contributed by atoms with van der Waals surface area (Å²) in [5.41, 5.74) is 7.74. The molecule has 0 saturated carbocycles. The first-order chi connectivity index (χ1) is 9.54. The lowest BCUT2D eigenvalue weighted by atomic mass is 10.2. The number of rotatable bonds is 5. The van der Waals surface area contributed by atoms with Crippen molar-refractivity contribution in [1.29, 1.82) is 0 Å². The highest BCUT2D eigenvalue weighted by Gasteiger charge is 2.22. The highest BCUT2D eigenvalue weighted by Crippen LogP contribution is 2.17. The van der Waals surface area contributed by atoms with E-state index >= 15 is 0 Å². The fourth-order valence-corrected chi connectivity index (χ4v) is 2.76. The highest BCUT2D eigenvalue weighted by molar-refractivity contribution is 5.98. The number of aryl methyl sites for hydroxylation is 2. The summed E-state index contributed by atoms with van der Waals surface area (Å²) in [6.45, 7) is 7.03. The smallest absolute Gasteiger partial charge is 0.271 e. The minimum atomic E-state index is -0.136. The number of hydrogen-bond donors (Lipinski definition) is 2. The van der Waals surface area contributed by atoms with Gasteiger partial charge in [0.1, 0.15) is 5.69 Å². The Bertz CT molecular complexity index is 476. The summed E-state index contributed by atoms with van der Waals surface area (Å²) in [6, 6.07) is 0.363. The second-order valence-electron chi connectivity index (χ2n) is 5.49. The third-order valence-corrected chi connectivity index (χ3v) is 4.03. The Morgan fingerprint density at radius 1 is 1.45 bits per heavy atom. The van der Waals surface area contributed by atoms with Gasteiger partial charge in [-0.3, -0.25) is 14.4 Å². The molecular formula is C14H25N5O. The van der Waals surface area contributed by atoms with Gasteiger partial charge in [0.05, 0.1) is 11.4 Å². The predicted octanol–water partition coefficient (Wildman–Crippen LogP) is 0.779. The summed E-state index contributed by atoms with van der Waals surface area (Å²) in [5, 5.41) is 7.25. The van der Waals surface area contributed by atoms with Crippen molar-refractivity contribution in [2.45, 2.75) is 39.2 Å². The molecule has 0 bridgehead atoms. The molecule has 2 rings (SSSR count). The van der Waals surface area contributed by atoms with Crippen molar-refractivity contribution >= 4 is 11.6 Å². The molecule has 0 spiro atoms. The normalized spacial score (nSPS) is 17.4. The van der Waals surface area contributed by atoms with Crippen LogP contribution in [0, 0.1) is 0 Å². The van der Waals surface area contributed by atoms with Gasteiger partial charge in [0.25, 0.3) is 5.91 Å². The van der Waals surface area contributed by atoms with E-state index in [1.54, 1.807) is 11.7 Å². The lowest BCUT2D eigenvalue weighted by Crippen LogP contribution is -2.41. The number of nitrogens with two attached hydrogens (primary N) is 1. The average molecular weight is 279 g/mol. The van der Waals surface area contributed by atoms with Crippen LogP contribution in [-0.2, 0) is 13.5 Å². The SMILES string of the molecule is CCc1nn(C)c(C(=O)NCC(C)N2CCCC2)c1N. The van der Waals surface area contributed by atoms with E-state index in [9.17, 15) is 4.79 Å². The van der Waals surface area contributed by atoms with E-state index in [1.807, 2.05) is 6.92 Å². The Morgan fingerprint density at radius 2 is 2.10 bits per heavy atom. The molecule has 1 aliphatic heterocycles. The Labute approximate surface area is 120 Å². The molecule has 112 valence electrons. The first-order valence-electron chi connectivity index (χ1n) is 7.38. The topological polar surface area (TPSA) is 76.2 Å². The first-order valence-corrected chi connectivity index (χ1v) is 7.38. The molecule has 3 N–H and O–H groups in total. The van der Waals surface area contributed by atoms with Crippen LogP contribution in [0.4, 0.5) is 5.69 Å². The minimum Gasteiger partial charge on any atom is -0.395 e. The molecule has 1 atom stereocenters. The molecule has 1 aromatic heterocycles. The van der Waals surface area contributed by atoms with Crippen LogP contribution < -0.4 is 11.1 Å². The quantitative estimate of drug-likeness (QED) is 0.835. The molecule has 20 heavy (non-hydrogen) atoms. The zero-order chi connectivity index (χ0) is 14.7. The number of anilines is 1. The van der Waals surface area contributed by atoms with Gasteiger partial charge < -0.3 is 11.1 Å². The third-order valence-electron chi connectivity index (χ3n) is 4.03. The third kappa shape index (κ3) is 2.95. The number of amides is 1. The van der Waals surface area contributed by atoms with Crippen LogP contribution in [0.1, 0.15) is 42.9 Å². The largest absolute Gasteiger partial charge is 0.395 e. The monoisotopic (exact) mass is 279 g/mol. The molecule has 1 fully saturated rings. The average Bonchev–Trinajstić information content (AvgIpc) is 3.04. The second-order valence-corrected chi connectivity index (χ2v) is 5.49. The Kier molecular flexibility index (Phi) is 4.65. The van der Waals surface area contributed by atoms with E-state index in [2.05, 4.69) is 22.2 Å². The van der Waals surface area contributed by atoms with Crippen LogP contribution in [0.15, 0.2) is 0 Å². The molecule has 0 aromatic carbocycles. The summed E-state index contributed by atoms with van der Waals surface area (Å²) >= 11 is 0. The maximum absolute atomic E-state index is 12.3. The van der Waals surface area contributed by atoms with E-state index in [0.29, 0.717) is 24.0 Å². The van der Waals surface area contributed by atoms with Gasteiger partial charge >= 0.3 is 0 Å². The molecular weight excluding hydrogens is 254 g/mol. The molecule has 6 nitrogen and oxygen atoms in total. The van der Waals surface area contributed by atoms with Gasteiger partial charge in [-0.2, -0.15) is 5.10 Å². The van der Waals surface area contributed by atoms with E-state index in [0.717, 1.165) is 25.2 Å². The van der Waals surface area contributed by atoms with Gasteiger partial charge in [-0.05, 0) is 39.3 Å². The number of nitrogens with zero attached hydrogens (tertiary/aromatic N) is 3. The van der Waals surface area contributed by atoms with E-state index < -0.39 is 0 Å². The van der Waals surface area contributed by atoms with Crippen molar-refractivity contribution in [3.8, 4) is 0 Å². The van der Waals surface area contributed by atoms with E-state index in [1.165, 1.54) is 12.8 Å². The minimum absolute atomic E-state index is 0.136. The predicted molar refractivity (Wildman–Crippen MR) is 79.6 cm³/mol. The maximum Gasteiger partial charge on any atom is 0.271 e. The number of likely N-dealkylation sites (tertiary alicyclic amines) is 1. The number of nitrogens with one attached hydrogen (secondary N) is 1. The number of carbonyl (C=O) groups is 1. The number of nitrogen functional groups attached to an aromatic ring is 1. The Hall–Kier alpha value is -1.56. The van der Waals surface area contributed by atoms with Crippen molar-refractivity contribution in [2.24, 2.45) is 7.05 Å². The molecule has 0 aliphatic carbocycles. The fraction of sp³-hybridized carbons (Fsp3) is 0.714. The molecule has 6 heteroatoms. The van der Waals surface area contributed by atoms with Gasteiger partial charge in [0, 0.05) is 19.6 Å². The van der Waals surface area contributed by atoms with Gasteiger partial charge in [-0.1, -0.05) is 6.92 Å². The molecule has 1 amide bonds. The molecule has 1 aromatic rings. The lowest BCUT2D eigenvalue weighted by Gasteiger charge is -2.23. The first kappa shape index (κ1) is 14.8. The summed E-state index contributed by atoms with van der Waals surface area (Å²) in [7, 11) is 1.76. The van der Waals surface area contributed by atoms with Gasteiger partial charge in [0.15, 0.2) is 0 Å². The van der Waals surface area contributed by atoms with Gasteiger partial charge in [-0.15, -0.1) is 0 Å². The van der Waals surface area contributed by atoms with Crippen LogP contribution in [0.25, 0.3) is 0 Å². The van der Waals surface area contributed by atoms with Gasteiger partial charge in [-0.25, -0.2) is 0 Å². The van der Waals surface area contributed by atoms with E-state index in [-0.39, 0.29) is 5.91 Å². The summed E-state index contributed by atoms with van der Waals surface area (Å²) in [5.74, 6) is -0.136. The van der Waals surface area contributed by atoms with Crippen molar-refractivity contribution in [2.75, 3.05) is 25.4 Å². The molecule has 1 aliphatic rings. The van der Waals surface area contributed by atoms with Crippen molar-refractivity contribution < 1.29 is 4.79 Å². The van der Waals surface area contributed by atoms with Crippen LogP contribution in [0.5, 0.6) is 0 Å². The summed E-state index contributed by atoms with van der Waals surface area (Å²) < 4.78 is 1.57.